The summed E-state index contributed by atoms with van der Waals surface area (Å²) in [6.45, 7) is 0.688. The molecule has 0 aliphatic carbocycles. The van der Waals surface area contributed by atoms with Gasteiger partial charge in [-0.25, -0.2) is 4.39 Å². The van der Waals surface area contributed by atoms with E-state index in [0.717, 1.165) is 26.7 Å². The first-order chi connectivity index (χ1) is 14.1. The third kappa shape index (κ3) is 3.93. The number of fused-ring (bicyclic) bond motifs is 2. The molecule has 29 heavy (non-hydrogen) atoms. The van der Waals surface area contributed by atoms with Crippen molar-refractivity contribution in [3.05, 3.63) is 70.8 Å². The van der Waals surface area contributed by atoms with Crippen LogP contribution in [0, 0.1) is 5.82 Å². The summed E-state index contributed by atoms with van der Waals surface area (Å²) in [4.78, 5) is 18.0. The topological polar surface area (TPSA) is 43.6 Å². The van der Waals surface area contributed by atoms with Crippen LogP contribution in [0.25, 0.3) is 21.0 Å². The van der Waals surface area contributed by atoms with Crippen molar-refractivity contribution in [2.24, 2.45) is 4.99 Å². The van der Waals surface area contributed by atoms with E-state index < -0.39 is 0 Å². The Balaban J connectivity index is 1.86. The maximum Gasteiger partial charge on any atom is 0.283 e. The van der Waals surface area contributed by atoms with Crippen LogP contribution in [-0.4, -0.2) is 29.6 Å². The van der Waals surface area contributed by atoms with Crippen LogP contribution < -0.4 is 9.54 Å². The van der Waals surface area contributed by atoms with Gasteiger partial charge in [-0.15, -0.1) is 0 Å². The lowest BCUT2D eigenvalue weighted by molar-refractivity contribution is 0.0995. The van der Waals surface area contributed by atoms with Gasteiger partial charge in [0, 0.05) is 12.3 Å². The predicted octanol–water partition coefficient (Wildman–Crippen LogP) is 5.11. The summed E-state index contributed by atoms with van der Waals surface area (Å²) >= 11 is 3.02. The standard InChI is InChI=1S/C22H19FN2O2S2/c1-27-19-12-15-6-4-3-5-14(15)11-17(19)21(26)24-22-25(9-10-28-2)18-8-7-16(23)13-20(18)29-22/h3-8,11-13H,9-10H2,1-2H3. The number of aryl methyl sites for hydroxylation is 1. The zero-order chi connectivity index (χ0) is 20.4. The largest absolute Gasteiger partial charge is 0.496 e. The van der Waals surface area contributed by atoms with Crippen molar-refractivity contribution in [2.45, 2.75) is 6.54 Å². The first kappa shape index (κ1) is 19.7. The number of carbonyl (C=O) groups is 1. The number of thioether (sulfide) groups is 1. The van der Waals surface area contributed by atoms with E-state index in [9.17, 15) is 9.18 Å². The van der Waals surface area contributed by atoms with Gasteiger partial charge in [0.25, 0.3) is 5.91 Å². The quantitative estimate of drug-likeness (QED) is 0.446. The molecule has 4 aromatic rings. The molecule has 4 rings (SSSR count). The van der Waals surface area contributed by atoms with Gasteiger partial charge in [0.05, 0.1) is 22.9 Å². The third-order valence-corrected chi connectivity index (χ3v) is 6.29. The Morgan fingerprint density at radius 3 is 2.66 bits per heavy atom. The molecular formula is C22H19FN2O2S2. The van der Waals surface area contributed by atoms with Crippen LogP contribution in [0.1, 0.15) is 10.4 Å². The number of hydrogen-bond donors (Lipinski definition) is 0. The van der Waals surface area contributed by atoms with Gasteiger partial charge in [-0.05, 0) is 47.4 Å². The normalized spacial score (nSPS) is 12.0. The number of amides is 1. The SMILES string of the molecule is COc1cc2ccccc2cc1C(=O)N=c1sc2cc(F)ccc2n1CCSC. The molecule has 0 unspecified atom stereocenters. The Labute approximate surface area is 175 Å². The van der Waals surface area contributed by atoms with Gasteiger partial charge in [-0.1, -0.05) is 35.6 Å². The first-order valence-electron chi connectivity index (χ1n) is 9.04. The van der Waals surface area contributed by atoms with E-state index >= 15 is 0 Å². The second-order valence-electron chi connectivity index (χ2n) is 6.46. The Hall–Kier alpha value is -2.64. The fraction of sp³-hybridized carbons (Fsp3) is 0.182. The minimum Gasteiger partial charge on any atom is -0.496 e. The van der Waals surface area contributed by atoms with Gasteiger partial charge in [0.2, 0.25) is 0 Å². The van der Waals surface area contributed by atoms with Crippen molar-refractivity contribution in [2.75, 3.05) is 19.1 Å². The van der Waals surface area contributed by atoms with E-state index in [4.69, 9.17) is 4.74 Å². The summed E-state index contributed by atoms with van der Waals surface area (Å²) < 4.78 is 21.9. The van der Waals surface area contributed by atoms with E-state index in [1.807, 2.05) is 41.2 Å². The summed E-state index contributed by atoms with van der Waals surface area (Å²) in [6, 6.07) is 16.1. The minimum atomic E-state index is -0.377. The second kappa shape index (κ2) is 8.39. The van der Waals surface area contributed by atoms with Gasteiger partial charge >= 0.3 is 0 Å². The summed E-state index contributed by atoms with van der Waals surface area (Å²) in [7, 11) is 1.54. The van der Waals surface area contributed by atoms with Gasteiger partial charge in [0.1, 0.15) is 11.6 Å². The zero-order valence-electron chi connectivity index (χ0n) is 16.0. The number of halogens is 1. The molecule has 0 N–H and O–H groups in total. The van der Waals surface area contributed by atoms with Gasteiger partial charge in [-0.3, -0.25) is 4.79 Å². The molecule has 3 aromatic carbocycles. The van der Waals surface area contributed by atoms with Crippen molar-refractivity contribution in [3.63, 3.8) is 0 Å². The predicted molar refractivity (Wildman–Crippen MR) is 119 cm³/mol. The van der Waals surface area contributed by atoms with Crippen LogP contribution in [-0.2, 0) is 6.54 Å². The van der Waals surface area contributed by atoms with Crippen molar-refractivity contribution in [1.29, 1.82) is 0 Å². The van der Waals surface area contributed by atoms with E-state index in [2.05, 4.69) is 4.99 Å². The number of hydrogen-bond acceptors (Lipinski definition) is 4. The van der Waals surface area contributed by atoms with Crippen LogP contribution in [0.5, 0.6) is 5.75 Å². The molecule has 4 nitrogen and oxygen atoms in total. The summed E-state index contributed by atoms with van der Waals surface area (Å²) in [5.74, 6) is 0.673. The van der Waals surface area contributed by atoms with Gasteiger partial charge < -0.3 is 9.30 Å². The van der Waals surface area contributed by atoms with Crippen LogP contribution in [0.2, 0.25) is 0 Å². The van der Waals surface area contributed by atoms with Crippen LogP contribution in [0.3, 0.4) is 0 Å². The molecule has 0 spiro atoms. The molecule has 0 saturated carbocycles. The molecule has 0 aliphatic heterocycles. The van der Waals surface area contributed by atoms with Crippen molar-refractivity contribution >= 4 is 50.0 Å². The van der Waals surface area contributed by atoms with Crippen molar-refractivity contribution in [1.82, 2.24) is 4.57 Å². The number of ether oxygens (including phenoxy) is 1. The Morgan fingerprint density at radius 1 is 1.17 bits per heavy atom. The molecule has 0 bridgehead atoms. The van der Waals surface area contributed by atoms with Crippen molar-refractivity contribution in [3.8, 4) is 5.75 Å². The highest BCUT2D eigenvalue weighted by molar-refractivity contribution is 7.98. The average molecular weight is 427 g/mol. The Kier molecular flexibility index (Phi) is 5.69. The molecule has 0 atom stereocenters. The fourth-order valence-electron chi connectivity index (χ4n) is 3.23. The Bertz CT molecular complexity index is 1280. The number of thiazole rings is 1. The number of methoxy groups -OCH3 is 1. The molecule has 0 aliphatic rings. The van der Waals surface area contributed by atoms with Crippen molar-refractivity contribution < 1.29 is 13.9 Å². The maximum atomic E-state index is 13.7. The summed E-state index contributed by atoms with van der Waals surface area (Å²) in [5.41, 5.74) is 1.29. The summed E-state index contributed by atoms with van der Waals surface area (Å²) in [5, 5.41) is 1.94. The fourth-order valence-corrected chi connectivity index (χ4v) is 4.68. The van der Waals surface area contributed by atoms with Gasteiger partial charge in [0.15, 0.2) is 4.80 Å². The molecule has 0 fully saturated rings. The van der Waals surface area contributed by atoms with E-state index in [-0.39, 0.29) is 11.7 Å². The van der Waals surface area contributed by atoms with E-state index in [1.54, 1.807) is 31.0 Å². The number of carbonyl (C=O) groups excluding carboxylic acids is 1. The second-order valence-corrected chi connectivity index (χ2v) is 8.45. The number of aromatic nitrogens is 1. The molecular weight excluding hydrogens is 407 g/mol. The molecule has 7 heteroatoms. The van der Waals surface area contributed by atoms with E-state index in [1.165, 1.54) is 23.5 Å². The molecule has 1 heterocycles. The van der Waals surface area contributed by atoms with Gasteiger partial charge in [-0.2, -0.15) is 16.8 Å². The highest BCUT2D eigenvalue weighted by atomic mass is 32.2. The first-order valence-corrected chi connectivity index (χ1v) is 11.3. The molecule has 0 radical (unpaired) electrons. The zero-order valence-corrected chi connectivity index (χ0v) is 17.6. The molecule has 0 saturated heterocycles. The van der Waals surface area contributed by atoms with Crippen LogP contribution >= 0.6 is 23.1 Å². The highest BCUT2D eigenvalue weighted by Crippen LogP contribution is 2.27. The van der Waals surface area contributed by atoms with Crippen LogP contribution in [0.4, 0.5) is 4.39 Å². The Morgan fingerprint density at radius 2 is 1.93 bits per heavy atom. The number of rotatable bonds is 5. The highest BCUT2D eigenvalue weighted by Gasteiger charge is 2.15. The molecule has 1 aromatic heterocycles. The maximum absolute atomic E-state index is 13.7. The lowest BCUT2D eigenvalue weighted by Crippen LogP contribution is -2.18. The summed E-state index contributed by atoms with van der Waals surface area (Å²) in [6.07, 6.45) is 2.02. The third-order valence-electron chi connectivity index (χ3n) is 4.66. The lowest BCUT2D eigenvalue weighted by atomic mass is 10.1. The number of nitrogens with zero attached hydrogens (tertiary/aromatic N) is 2. The number of benzene rings is 3. The minimum absolute atomic E-state index is 0.301. The lowest BCUT2D eigenvalue weighted by Gasteiger charge is -2.08. The average Bonchev–Trinajstić information content (AvgIpc) is 3.06. The molecule has 1 amide bonds. The molecule has 148 valence electrons. The van der Waals surface area contributed by atoms with E-state index in [0.29, 0.717) is 22.7 Å². The monoisotopic (exact) mass is 426 g/mol. The van der Waals surface area contributed by atoms with Crippen LogP contribution in [0.15, 0.2) is 59.6 Å². The smallest absolute Gasteiger partial charge is 0.283 e.